The predicted octanol–water partition coefficient (Wildman–Crippen LogP) is 4.71. The maximum atomic E-state index is 11.8. The summed E-state index contributed by atoms with van der Waals surface area (Å²) >= 11 is 0. The Hall–Kier alpha value is -1.11. The van der Waals surface area contributed by atoms with E-state index in [-0.39, 0.29) is 11.7 Å². The van der Waals surface area contributed by atoms with Gasteiger partial charge in [-0.25, -0.2) is 0 Å². The molecule has 1 nitrogen and oxygen atoms in total. The number of hydrogen-bond donors (Lipinski definition) is 0. The highest BCUT2D eigenvalue weighted by atomic mass is 16.1. The molecular weight excluding hydrogens is 208 g/mol. The number of allylic oxidation sites excluding steroid dienone is 4. The second-order valence-corrected chi connectivity index (χ2v) is 5.26. The number of ketones is 1. The van der Waals surface area contributed by atoms with Gasteiger partial charge in [0.2, 0.25) is 0 Å². The molecule has 0 N–H and O–H groups in total. The van der Waals surface area contributed by atoms with Gasteiger partial charge in [-0.15, -0.1) is 0 Å². The van der Waals surface area contributed by atoms with Gasteiger partial charge in [0.25, 0.3) is 0 Å². The van der Waals surface area contributed by atoms with Crippen LogP contribution in [0.1, 0.15) is 47.5 Å². The summed E-state index contributed by atoms with van der Waals surface area (Å²) in [4.78, 5) is 11.8. The topological polar surface area (TPSA) is 17.1 Å². The van der Waals surface area contributed by atoms with Crippen LogP contribution >= 0.6 is 0 Å². The van der Waals surface area contributed by atoms with Crippen LogP contribution in [-0.2, 0) is 4.79 Å². The summed E-state index contributed by atoms with van der Waals surface area (Å²) in [7, 11) is 0. The molecule has 17 heavy (non-hydrogen) atoms. The van der Waals surface area contributed by atoms with E-state index in [0.717, 1.165) is 12.8 Å². The fourth-order valence-electron chi connectivity index (χ4n) is 1.71. The Kier molecular flexibility index (Phi) is 6.79. The SMILES string of the molecule is C=C(C)C(=O)C(=C)[C@@H](C)C(C)CCC=C(C)C. The van der Waals surface area contributed by atoms with E-state index in [2.05, 4.69) is 46.9 Å². The average Bonchev–Trinajstić information content (AvgIpc) is 2.25. The summed E-state index contributed by atoms with van der Waals surface area (Å²) in [6.45, 7) is 17.8. The molecule has 0 aliphatic heterocycles. The second-order valence-electron chi connectivity index (χ2n) is 5.26. The molecule has 0 bridgehead atoms. The van der Waals surface area contributed by atoms with E-state index in [1.165, 1.54) is 5.57 Å². The highest BCUT2D eigenvalue weighted by Crippen LogP contribution is 2.25. The summed E-state index contributed by atoms with van der Waals surface area (Å²) in [5.74, 6) is 0.720. The van der Waals surface area contributed by atoms with Gasteiger partial charge in [-0.05, 0) is 56.6 Å². The lowest BCUT2D eigenvalue weighted by Gasteiger charge is -2.21. The number of rotatable bonds is 7. The molecular formula is C16H26O. The highest BCUT2D eigenvalue weighted by molar-refractivity contribution is 6.07. The van der Waals surface area contributed by atoms with Gasteiger partial charge in [0.15, 0.2) is 5.78 Å². The van der Waals surface area contributed by atoms with Crippen molar-refractivity contribution < 1.29 is 4.79 Å². The quantitative estimate of drug-likeness (QED) is 0.460. The zero-order chi connectivity index (χ0) is 13.6. The molecule has 0 aromatic heterocycles. The second kappa shape index (κ2) is 7.26. The van der Waals surface area contributed by atoms with Gasteiger partial charge < -0.3 is 0 Å². The summed E-state index contributed by atoms with van der Waals surface area (Å²) in [6.07, 6.45) is 4.41. The Labute approximate surface area is 106 Å². The van der Waals surface area contributed by atoms with Gasteiger partial charge in [-0.1, -0.05) is 38.7 Å². The third-order valence-corrected chi connectivity index (χ3v) is 3.26. The highest BCUT2D eigenvalue weighted by Gasteiger charge is 2.20. The van der Waals surface area contributed by atoms with Gasteiger partial charge in [-0.3, -0.25) is 4.79 Å². The van der Waals surface area contributed by atoms with Crippen LogP contribution in [0.25, 0.3) is 0 Å². The minimum absolute atomic E-state index is 0.0200. The Morgan fingerprint density at radius 1 is 1.18 bits per heavy atom. The Morgan fingerprint density at radius 3 is 2.12 bits per heavy atom. The van der Waals surface area contributed by atoms with E-state index in [1.54, 1.807) is 6.92 Å². The van der Waals surface area contributed by atoms with E-state index >= 15 is 0 Å². The minimum atomic E-state index is 0.0200. The molecule has 1 unspecified atom stereocenters. The van der Waals surface area contributed by atoms with Crippen LogP contribution in [0.15, 0.2) is 36.0 Å². The third-order valence-electron chi connectivity index (χ3n) is 3.26. The van der Waals surface area contributed by atoms with Crippen molar-refractivity contribution in [2.75, 3.05) is 0 Å². The molecule has 0 rings (SSSR count). The monoisotopic (exact) mass is 234 g/mol. The van der Waals surface area contributed by atoms with E-state index in [1.807, 2.05) is 0 Å². The van der Waals surface area contributed by atoms with Crippen LogP contribution in [-0.4, -0.2) is 5.78 Å². The van der Waals surface area contributed by atoms with E-state index < -0.39 is 0 Å². The van der Waals surface area contributed by atoms with Crippen molar-refractivity contribution in [3.8, 4) is 0 Å². The first kappa shape index (κ1) is 15.9. The third kappa shape index (κ3) is 5.67. The van der Waals surface area contributed by atoms with Crippen molar-refractivity contribution in [1.29, 1.82) is 0 Å². The minimum Gasteiger partial charge on any atom is -0.289 e. The van der Waals surface area contributed by atoms with E-state index in [4.69, 9.17) is 0 Å². The Morgan fingerprint density at radius 2 is 1.71 bits per heavy atom. The molecule has 0 aliphatic rings. The van der Waals surface area contributed by atoms with Crippen LogP contribution in [0.4, 0.5) is 0 Å². The normalized spacial score (nSPS) is 13.7. The van der Waals surface area contributed by atoms with Crippen molar-refractivity contribution in [1.82, 2.24) is 0 Å². The summed E-state index contributed by atoms with van der Waals surface area (Å²) in [6, 6.07) is 0. The van der Waals surface area contributed by atoms with Crippen molar-refractivity contribution in [2.45, 2.75) is 47.5 Å². The molecule has 0 spiro atoms. The van der Waals surface area contributed by atoms with Crippen molar-refractivity contribution >= 4 is 5.78 Å². The maximum Gasteiger partial charge on any atom is 0.183 e. The van der Waals surface area contributed by atoms with Gasteiger partial charge >= 0.3 is 0 Å². The molecule has 0 aromatic rings. The lowest BCUT2D eigenvalue weighted by Crippen LogP contribution is -2.16. The molecule has 96 valence electrons. The average molecular weight is 234 g/mol. The van der Waals surface area contributed by atoms with Crippen LogP contribution < -0.4 is 0 Å². The number of Topliss-reactive ketones (excluding diaryl/α,β-unsaturated/α-hetero) is 1. The lowest BCUT2D eigenvalue weighted by molar-refractivity contribution is -0.112. The van der Waals surface area contributed by atoms with E-state index in [9.17, 15) is 4.79 Å². The zero-order valence-electron chi connectivity index (χ0n) is 12.0. The summed E-state index contributed by atoms with van der Waals surface area (Å²) < 4.78 is 0. The van der Waals surface area contributed by atoms with Crippen LogP contribution in [0.5, 0.6) is 0 Å². The molecule has 0 heterocycles. The fraction of sp³-hybridized carbons (Fsp3) is 0.562. The first-order chi connectivity index (χ1) is 7.77. The summed E-state index contributed by atoms with van der Waals surface area (Å²) in [5.41, 5.74) is 2.63. The molecule has 0 amide bonds. The van der Waals surface area contributed by atoms with Crippen molar-refractivity contribution in [3.05, 3.63) is 36.0 Å². The Bertz CT molecular complexity index is 329. The van der Waals surface area contributed by atoms with E-state index in [0.29, 0.717) is 17.1 Å². The molecule has 0 saturated heterocycles. The number of carbonyl (C=O) groups is 1. The zero-order valence-corrected chi connectivity index (χ0v) is 12.0. The molecule has 2 atom stereocenters. The molecule has 0 aromatic carbocycles. The molecule has 0 fully saturated rings. The Balaban J connectivity index is 4.35. The standard InChI is InChI=1S/C16H26O/c1-11(2)9-8-10-13(5)14(6)15(7)16(17)12(3)4/h9,13-14H,3,7-8,10H2,1-2,4-6H3/t13?,14-/m0/s1. The smallest absolute Gasteiger partial charge is 0.183 e. The maximum absolute atomic E-state index is 11.8. The fourth-order valence-corrected chi connectivity index (χ4v) is 1.71. The van der Waals surface area contributed by atoms with Gasteiger partial charge in [0.05, 0.1) is 0 Å². The van der Waals surface area contributed by atoms with Crippen molar-refractivity contribution in [3.63, 3.8) is 0 Å². The number of carbonyl (C=O) groups excluding carboxylic acids is 1. The van der Waals surface area contributed by atoms with Gasteiger partial charge in [-0.2, -0.15) is 0 Å². The number of hydrogen-bond acceptors (Lipinski definition) is 1. The lowest BCUT2D eigenvalue weighted by atomic mass is 9.83. The molecule has 1 heteroatoms. The molecule has 0 saturated carbocycles. The predicted molar refractivity (Wildman–Crippen MR) is 76.0 cm³/mol. The molecule has 0 aliphatic carbocycles. The first-order valence-electron chi connectivity index (χ1n) is 6.29. The van der Waals surface area contributed by atoms with Crippen LogP contribution in [0, 0.1) is 11.8 Å². The largest absolute Gasteiger partial charge is 0.289 e. The first-order valence-corrected chi connectivity index (χ1v) is 6.29. The van der Waals surface area contributed by atoms with Crippen LogP contribution in [0.2, 0.25) is 0 Å². The van der Waals surface area contributed by atoms with Gasteiger partial charge in [0.1, 0.15) is 0 Å². The summed E-state index contributed by atoms with van der Waals surface area (Å²) in [5, 5.41) is 0. The van der Waals surface area contributed by atoms with Gasteiger partial charge in [0, 0.05) is 0 Å². The molecule has 0 radical (unpaired) electrons. The van der Waals surface area contributed by atoms with Crippen LogP contribution in [0.3, 0.4) is 0 Å². The van der Waals surface area contributed by atoms with Crippen molar-refractivity contribution in [2.24, 2.45) is 11.8 Å².